The third kappa shape index (κ3) is 5.64. The van der Waals surface area contributed by atoms with Gasteiger partial charge in [0.2, 0.25) is 0 Å². The number of nitrogens with one attached hydrogen (secondary N) is 1. The van der Waals surface area contributed by atoms with Gasteiger partial charge in [0.05, 0.1) is 30.4 Å². The molecule has 4 rings (SSSR count). The van der Waals surface area contributed by atoms with Crippen LogP contribution in [0, 0.1) is 10.1 Å². The molecule has 1 saturated heterocycles. The molecule has 0 amide bonds. The Labute approximate surface area is 210 Å². The van der Waals surface area contributed by atoms with Gasteiger partial charge in [-0.15, -0.1) is 0 Å². The maximum Gasteiger partial charge on any atom is 0.294 e. The largest absolute Gasteiger partial charge is 0.494 e. The molecule has 1 atom stereocenters. The van der Waals surface area contributed by atoms with Gasteiger partial charge in [0.15, 0.2) is 5.82 Å². The topological polar surface area (TPSA) is 109 Å². The lowest BCUT2D eigenvalue weighted by Gasteiger charge is -2.24. The van der Waals surface area contributed by atoms with Gasteiger partial charge in [0.1, 0.15) is 23.6 Å². The SMILES string of the molecule is COc1cc(N(C)CCN(C)C)c([N+](=O)[O-])cc1Nc1cc(N2OCC[C@@H]2c2ccccc2)ncn1. The molecule has 11 heteroatoms. The first-order valence-electron chi connectivity index (χ1n) is 11.7. The summed E-state index contributed by atoms with van der Waals surface area (Å²) < 4.78 is 5.57. The summed E-state index contributed by atoms with van der Waals surface area (Å²) in [5, 5.41) is 16.9. The molecule has 3 aromatic rings. The predicted octanol–water partition coefficient (Wildman–Crippen LogP) is 4.02. The summed E-state index contributed by atoms with van der Waals surface area (Å²) >= 11 is 0. The van der Waals surface area contributed by atoms with Crippen LogP contribution in [0.25, 0.3) is 0 Å². The molecule has 0 spiro atoms. The van der Waals surface area contributed by atoms with Gasteiger partial charge in [-0.05, 0) is 19.7 Å². The Morgan fingerprint density at radius 1 is 1.17 bits per heavy atom. The van der Waals surface area contributed by atoms with Crippen molar-refractivity contribution >= 4 is 28.7 Å². The monoisotopic (exact) mass is 493 g/mol. The quantitative estimate of drug-likeness (QED) is 0.328. The maximum absolute atomic E-state index is 11.9. The number of methoxy groups -OCH3 is 1. The molecular formula is C25H31N7O4. The average Bonchev–Trinajstić information content (AvgIpc) is 3.38. The molecule has 0 aliphatic carbocycles. The number of nitro groups is 1. The highest BCUT2D eigenvalue weighted by atomic mass is 16.7. The van der Waals surface area contributed by atoms with Crippen molar-refractivity contribution in [2.45, 2.75) is 12.5 Å². The summed E-state index contributed by atoms with van der Waals surface area (Å²) in [6.07, 6.45) is 2.27. The van der Waals surface area contributed by atoms with Gasteiger partial charge in [0, 0.05) is 44.8 Å². The van der Waals surface area contributed by atoms with Gasteiger partial charge in [0.25, 0.3) is 5.69 Å². The fraction of sp³-hybridized carbons (Fsp3) is 0.360. The smallest absolute Gasteiger partial charge is 0.294 e. The molecule has 2 heterocycles. The lowest BCUT2D eigenvalue weighted by molar-refractivity contribution is -0.384. The number of hydrogen-bond acceptors (Lipinski definition) is 10. The van der Waals surface area contributed by atoms with Crippen LogP contribution in [0.2, 0.25) is 0 Å². The van der Waals surface area contributed by atoms with E-state index in [-0.39, 0.29) is 16.7 Å². The highest BCUT2D eigenvalue weighted by molar-refractivity contribution is 5.77. The van der Waals surface area contributed by atoms with E-state index in [2.05, 4.69) is 27.4 Å². The number of hydrogen-bond donors (Lipinski definition) is 1. The number of ether oxygens (including phenoxy) is 1. The number of nitrogens with zero attached hydrogens (tertiary/aromatic N) is 6. The van der Waals surface area contributed by atoms with E-state index >= 15 is 0 Å². The number of rotatable bonds is 10. The van der Waals surface area contributed by atoms with E-state index < -0.39 is 0 Å². The van der Waals surface area contributed by atoms with E-state index in [1.165, 1.54) is 19.5 Å². The van der Waals surface area contributed by atoms with E-state index in [1.54, 1.807) is 17.2 Å². The molecule has 1 fully saturated rings. The molecule has 0 radical (unpaired) electrons. The Hall–Kier alpha value is -3.96. The van der Waals surface area contributed by atoms with Crippen molar-refractivity contribution in [2.24, 2.45) is 0 Å². The molecule has 1 aliphatic rings. The lowest BCUT2D eigenvalue weighted by Crippen LogP contribution is -2.28. The van der Waals surface area contributed by atoms with Crippen molar-refractivity contribution in [3.63, 3.8) is 0 Å². The first-order chi connectivity index (χ1) is 17.4. The van der Waals surface area contributed by atoms with Gasteiger partial charge < -0.3 is 19.9 Å². The summed E-state index contributed by atoms with van der Waals surface area (Å²) in [6.45, 7) is 1.95. The van der Waals surface area contributed by atoms with Crippen molar-refractivity contribution in [1.82, 2.24) is 14.9 Å². The Kier molecular flexibility index (Phi) is 7.81. The molecule has 1 aromatic heterocycles. The van der Waals surface area contributed by atoms with Crippen molar-refractivity contribution in [3.8, 4) is 5.75 Å². The van der Waals surface area contributed by atoms with E-state index in [0.717, 1.165) is 18.5 Å². The number of aromatic nitrogens is 2. The molecule has 1 aliphatic heterocycles. The molecule has 36 heavy (non-hydrogen) atoms. The van der Waals surface area contributed by atoms with E-state index in [0.29, 0.717) is 41.9 Å². The molecular weight excluding hydrogens is 462 g/mol. The number of likely N-dealkylation sites (N-methyl/N-ethyl adjacent to an activating group) is 2. The normalized spacial score (nSPS) is 15.2. The molecule has 0 saturated carbocycles. The molecule has 0 bridgehead atoms. The second-order valence-electron chi connectivity index (χ2n) is 8.78. The lowest BCUT2D eigenvalue weighted by atomic mass is 10.0. The zero-order chi connectivity index (χ0) is 25.7. The van der Waals surface area contributed by atoms with Crippen LogP contribution in [0.5, 0.6) is 5.75 Å². The minimum Gasteiger partial charge on any atom is -0.494 e. The van der Waals surface area contributed by atoms with Gasteiger partial charge in [-0.1, -0.05) is 30.3 Å². The van der Waals surface area contributed by atoms with Crippen molar-refractivity contribution in [2.75, 3.05) is 63.2 Å². The van der Waals surface area contributed by atoms with Crippen LogP contribution in [0.1, 0.15) is 18.0 Å². The van der Waals surface area contributed by atoms with Gasteiger partial charge >= 0.3 is 0 Å². The minimum absolute atomic E-state index is 0.0270. The van der Waals surface area contributed by atoms with Crippen molar-refractivity contribution in [1.29, 1.82) is 0 Å². The standard InChI is InChI=1S/C25H31N7O4/c1-29(2)11-12-30(3)21-15-23(35-4)19(14-22(21)32(33)34)28-24-16-25(27-17-26-24)31-20(10-13-36-31)18-8-6-5-7-9-18/h5-9,14-17,20H,10-13H2,1-4H3,(H,26,27,28)/t20-/m1/s1. The first-order valence-corrected chi connectivity index (χ1v) is 11.7. The Morgan fingerprint density at radius 2 is 1.94 bits per heavy atom. The number of nitro benzene ring substituents is 1. The zero-order valence-corrected chi connectivity index (χ0v) is 20.9. The Balaban J connectivity index is 1.61. The Bertz CT molecular complexity index is 1190. The highest BCUT2D eigenvalue weighted by Gasteiger charge is 2.29. The first kappa shape index (κ1) is 25.1. The van der Waals surface area contributed by atoms with Crippen molar-refractivity contribution < 1.29 is 14.5 Å². The summed E-state index contributed by atoms with van der Waals surface area (Å²) in [5.41, 5.74) is 2.01. The number of benzene rings is 2. The number of hydroxylamine groups is 1. The van der Waals surface area contributed by atoms with Crippen LogP contribution in [0.3, 0.4) is 0 Å². The van der Waals surface area contributed by atoms with Crippen molar-refractivity contribution in [3.05, 3.63) is 70.5 Å². The minimum atomic E-state index is -0.389. The highest BCUT2D eigenvalue weighted by Crippen LogP contribution is 2.40. The van der Waals surface area contributed by atoms with E-state index in [1.807, 2.05) is 49.1 Å². The predicted molar refractivity (Wildman–Crippen MR) is 139 cm³/mol. The fourth-order valence-electron chi connectivity index (χ4n) is 4.09. The van der Waals surface area contributed by atoms with Crippen LogP contribution >= 0.6 is 0 Å². The molecule has 1 N–H and O–H groups in total. The average molecular weight is 494 g/mol. The second-order valence-corrected chi connectivity index (χ2v) is 8.78. The van der Waals surface area contributed by atoms with Crippen LogP contribution in [-0.4, -0.2) is 67.7 Å². The summed E-state index contributed by atoms with van der Waals surface area (Å²) in [5.74, 6) is 1.52. The molecule has 11 nitrogen and oxygen atoms in total. The summed E-state index contributed by atoms with van der Waals surface area (Å²) in [6, 6.07) is 15.0. The summed E-state index contributed by atoms with van der Waals surface area (Å²) in [4.78, 5) is 30.0. The van der Waals surface area contributed by atoms with Gasteiger partial charge in [-0.2, -0.15) is 0 Å². The second kappa shape index (κ2) is 11.2. The molecule has 0 unspecified atom stereocenters. The van der Waals surface area contributed by atoms with Crippen LogP contribution < -0.4 is 20.0 Å². The number of anilines is 4. The third-order valence-electron chi connectivity index (χ3n) is 6.02. The fourth-order valence-corrected chi connectivity index (χ4v) is 4.09. The summed E-state index contributed by atoms with van der Waals surface area (Å²) in [7, 11) is 7.28. The van der Waals surface area contributed by atoms with E-state index in [4.69, 9.17) is 9.57 Å². The maximum atomic E-state index is 11.9. The van der Waals surface area contributed by atoms with Crippen LogP contribution in [0.4, 0.5) is 28.7 Å². The van der Waals surface area contributed by atoms with Gasteiger partial charge in [-0.3, -0.25) is 15.0 Å². The Morgan fingerprint density at radius 3 is 2.64 bits per heavy atom. The molecule has 2 aromatic carbocycles. The van der Waals surface area contributed by atoms with Crippen LogP contribution in [-0.2, 0) is 4.84 Å². The zero-order valence-electron chi connectivity index (χ0n) is 20.9. The van der Waals surface area contributed by atoms with Crippen LogP contribution in [0.15, 0.2) is 54.9 Å². The van der Waals surface area contributed by atoms with Gasteiger partial charge in [-0.25, -0.2) is 15.0 Å². The molecule has 190 valence electrons. The third-order valence-corrected chi connectivity index (χ3v) is 6.02. The van der Waals surface area contributed by atoms with E-state index in [9.17, 15) is 10.1 Å².